The molecule has 0 fully saturated rings. The van der Waals surface area contributed by atoms with E-state index in [1.165, 1.54) is 0 Å². The smallest absolute Gasteiger partial charge is 0.429 e. The lowest BCUT2D eigenvalue weighted by atomic mass is 9.77. The van der Waals surface area contributed by atoms with Gasteiger partial charge in [0.25, 0.3) is 0 Å². The van der Waals surface area contributed by atoms with Gasteiger partial charge in [-0.15, -0.1) is 0 Å². The number of carbonyl (C=O) groups excluding carboxylic acids is 1. The fraction of sp³-hybridized carbons (Fsp3) is 0.143. The molecule has 2 aromatic carbocycles. The minimum Gasteiger partial charge on any atom is -0.429 e. The number of fused-ring (bicyclic) bond motifs is 2. The summed E-state index contributed by atoms with van der Waals surface area (Å²) < 4.78 is 0. The standard InChI is InChI=1S/C21H20BN3O2/c23-12-19(17-2-1-3-20-18(17)6-8-22(27)25-20)21(26)11-14-4-5-16-13-24-9-7-15(16)10-14/h1-10,13,19,25,27H,11-12,23H2/t19-/m1/s1. The van der Waals surface area contributed by atoms with Gasteiger partial charge in [0.2, 0.25) is 0 Å². The predicted octanol–water partition coefficient (Wildman–Crippen LogP) is 2.55. The van der Waals surface area contributed by atoms with Gasteiger partial charge in [0.1, 0.15) is 5.78 Å². The quantitative estimate of drug-likeness (QED) is 0.611. The molecule has 4 rings (SSSR count). The molecule has 0 spiro atoms. The fourth-order valence-electron chi connectivity index (χ4n) is 3.59. The van der Waals surface area contributed by atoms with Crippen molar-refractivity contribution in [2.24, 2.45) is 5.73 Å². The number of aromatic nitrogens is 1. The normalized spacial score (nSPS) is 13.9. The summed E-state index contributed by atoms with van der Waals surface area (Å²) in [6, 6.07) is 13.6. The molecule has 3 aromatic rings. The molecule has 27 heavy (non-hydrogen) atoms. The summed E-state index contributed by atoms with van der Waals surface area (Å²) in [5.74, 6) is 1.36. The maximum absolute atomic E-state index is 13.0. The molecular weight excluding hydrogens is 337 g/mol. The molecule has 1 aliphatic rings. The van der Waals surface area contributed by atoms with Gasteiger partial charge in [0, 0.05) is 36.4 Å². The van der Waals surface area contributed by atoms with Crippen LogP contribution >= 0.6 is 0 Å². The molecule has 5 nitrogen and oxygen atoms in total. The SMILES string of the molecule is NC[C@@H](C(=O)Cc1ccc2cnccc2c1)c1cccc2c1C=CB(O)N2. The van der Waals surface area contributed by atoms with E-state index in [2.05, 4.69) is 10.2 Å². The number of pyridine rings is 1. The molecule has 6 heteroatoms. The Labute approximate surface area is 158 Å². The third-order valence-corrected chi connectivity index (χ3v) is 4.97. The summed E-state index contributed by atoms with van der Waals surface area (Å²) in [5.41, 5.74) is 9.57. The lowest BCUT2D eigenvalue weighted by Crippen LogP contribution is -2.28. The van der Waals surface area contributed by atoms with E-state index in [4.69, 9.17) is 5.73 Å². The first-order valence-corrected chi connectivity index (χ1v) is 8.97. The molecule has 4 N–H and O–H groups in total. The Kier molecular flexibility index (Phi) is 4.75. The van der Waals surface area contributed by atoms with Crippen LogP contribution in [0.15, 0.2) is 60.8 Å². The Bertz CT molecular complexity index is 1030. The van der Waals surface area contributed by atoms with Crippen LogP contribution in [0.4, 0.5) is 5.69 Å². The number of Topliss-reactive ketones (excluding diaryl/α,β-unsaturated/α-hetero) is 1. The first-order chi connectivity index (χ1) is 13.2. The van der Waals surface area contributed by atoms with Crippen molar-refractivity contribution < 1.29 is 9.82 Å². The zero-order valence-electron chi connectivity index (χ0n) is 14.8. The first kappa shape index (κ1) is 17.5. The summed E-state index contributed by atoms with van der Waals surface area (Å²) in [4.78, 5) is 17.2. The van der Waals surface area contributed by atoms with Crippen LogP contribution in [0.2, 0.25) is 0 Å². The van der Waals surface area contributed by atoms with Gasteiger partial charge < -0.3 is 16.0 Å². The Morgan fingerprint density at radius 3 is 2.96 bits per heavy atom. The third kappa shape index (κ3) is 3.49. The highest BCUT2D eigenvalue weighted by Gasteiger charge is 2.25. The lowest BCUT2D eigenvalue weighted by molar-refractivity contribution is -0.119. The number of anilines is 1. The summed E-state index contributed by atoms with van der Waals surface area (Å²) in [6.07, 6.45) is 5.74. The molecule has 1 aromatic heterocycles. The molecule has 0 unspecified atom stereocenters. The topological polar surface area (TPSA) is 88.2 Å². The Balaban J connectivity index is 1.62. The van der Waals surface area contributed by atoms with Crippen molar-refractivity contribution in [2.45, 2.75) is 12.3 Å². The second-order valence-corrected chi connectivity index (χ2v) is 6.75. The third-order valence-electron chi connectivity index (χ3n) is 4.97. The summed E-state index contributed by atoms with van der Waals surface area (Å²) >= 11 is 0. The molecule has 0 saturated carbocycles. The number of ketones is 1. The Hall–Kier alpha value is -2.96. The molecule has 0 aliphatic carbocycles. The van der Waals surface area contributed by atoms with Gasteiger partial charge in [0.15, 0.2) is 0 Å². The van der Waals surface area contributed by atoms with Crippen LogP contribution in [0.1, 0.15) is 22.6 Å². The molecule has 2 heterocycles. The van der Waals surface area contributed by atoms with E-state index in [1.54, 1.807) is 12.2 Å². The highest BCUT2D eigenvalue weighted by atomic mass is 16.2. The number of rotatable bonds is 5. The van der Waals surface area contributed by atoms with Crippen molar-refractivity contribution in [3.05, 3.63) is 77.5 Å². The average molecular weight is 357 g/mol. The van der Waals surface area contributed by atoms with Crippen LogP contribution < -0.4 is 11.0 Å². The number of carbonyl (C=O) groups is 1. The molecule has 0 radical (unpaired) electrons. The maximum atomic E-state index is 13.0. The zero-order chi connectivity index (χ0) is 18.8. The zero-order valence-corrected chi connectivity index (χ0v) is 14.8. The second kappa shape index (κ2) is 7.35. The van der Waals surface area contributed by atoms with E-state index < -0.39 is 13.0 Å². The molecule has 0 saturated heterocycles. The van der Waals surface area contributed by atoms with Gasteiger partial charge in [-0.2, -0.15) is 0 Å². The van der Waals surface area contributed by atoms with Gasteiger partial charge in [-0.05, 0) is 34.2 Å². The number of nitrogens with zero attached hydrogens (tertiary/aromatic N) is 1. The van der Waals surface area contributed by atoms with Crippen molar-refractivity contribution >= 4 is 35.4 Å². The van der Waals surface area contributed by atoms with E-state index in [-0.39, 0.29) is 12.3 Å². The van der Waals surface area contributed by atoms with Crippen LogP contribution in [-0.4, -0.2) is 29.4 Å². The van der Waals surface area contributed by atoms with E-state index in [0.717, 1.165) is 33.2 Å². The molecule has 1 aliphatic heterocycles. The lowest BCUT2D eigenvalue weighted by Gasteiger charge is -2.22. The number of nitrogens with one attached hydrogen (secondary N) is 1. The number of hydrogen-bond donors (Lipinski definition) is 3. The van der Waals surface area contributed by atoms with Gasteiger partial charge in [0.05, 0.1) is 5.92 Å². The second-order valence-electron chi connectivity index (χ2n) is 6.75. The number of benzene rings is 2. The van der Waals surface area contributed by atoms with Gasteiger partial charge in [-0.25, -0.2) is 0 Å². The summed E-state index contributed by atoms with van der Waals surface area (Å²) in [7, 11) is -0.716. The van der Waals surface area contributed by atoms with Crippen LogP contribution in [-0.2, 0) is 11.2 Å². The minimum atomic E-state index is -0.716. The molecule has 0 bridgehead atoms. The van der Waals surface area contributed by atoms with E-state index in [0.29, 0.717) is 6.42 Å². The molecule has 134 valence electrons. The predicted molar refractivity (Wildman–Crippen MR) is 109 cm³/mol. The Morgan fingerprint density at radius 2 is 2.11 bits per heavy atom. The van der Waals surface area contributed by atoms with Crippen molar-refractivity contribution in [1.82, 2.24) is 4.98 Å². The van der Waals surface area contributed by atoms with Crippen LogP contribution in [0.3, 0.4) is 0 Å². The monoisotopic (exact) mass is 357 g/mol. The Morgan fingerprint density at radius 1 is 1.22 bits per heavy atom. The molecule has 1 atom stereocenters. The first-order valence-electron chi connectivity index (χ1n) is 8.97. The molecular formula is C21H20BN3O2. The van der Waals surface area contributed by atoms with E-state index in [1.807, 2.05) is 54.7 Å². The summed E-state index contributed by atoms with van der Waals surface area (Å²) in [6.45, 7) is 0.239. The van der Waals surface area contributed by atoms with Crippen molar-refractivity contribution in [1.29, 1.82) is 0 Å². The maximum Gasteiger partial charge on any atom is 0.438 e. The number of hydrogen-bond acceptors (Lipinski definition) is 5. The highest BCUT2D eigenvalue weighted by molar-refractivity contribution is 6.61. The van der Waals surface area contributed by atoms with Gasteiger partial charge in [-0.3, -0.25) is 9.78 Å². The fourth-order valence-corrected chi connectivity index (χ4v) is 3.59. The summed E-state index contributed by atoms with van der Waals surface area (Å²) in [5, 5.41) is 14.9. The van der Waals surface area contributed by atoms with Gasteiger partial charge >= 0.3 is 7.05 Å². The minimum absolute atomic E-state index is 0.0822. The van der Waals surface area contributed by atoms with Crippen molar-refractivity contribution in [3.63, 3.8) is 0 Å². The molecule has 0 amide bonds. The van der Waals surface area contributed by atoms with E-state index >= 15 is 0 Å². The van der Waals surface area contributed by atoms with Crippen molar-refractivity contribution in [2.75, 3.05) is 11.8 Å². The van der Waals surface area contributed by atoms with E-state index in [9.17, 15) is 9.82 Å². The number of nitrogens with two attached hydrogens (primary N) is 1. The van der Waals surface area contributed by atoms with Crippen LogP contribution in [0.5, 0.6) is 0 Å². The largest absolute Gasteiger partial charge is 0.438 e. The van der Waals surface area contributed by atoms with Crippen LogP contribution in [0.25, 0.3) is 16.8 Å². The van der Waals surface area contributed by atoms with Gasteiger partial charge in [-0.1, -0.05) is 42.4 Å². The van der Waals surface area contributed by atoms with Crippen molar-refractivity contribution in [3.8, 4) is 0 Å². The highest BCUT2D eigenvalue weighted by Crippen LogP contribution is 2.31. The van der Waals surface area contributed by atoms with Crippen LogP contribution in [0, 0.1) is 0 Å². The average Bonchev–Trinajstić information content (AvgIpc) is 2.68.